The summed E-state index contributed by atoms with van der Waals surface area (Å²) in [6.07, 6.45) is 1.66. The van der Waals surface area contributed by atoms with Gasteiger partial charge in [-0.2, -0.15) is 5.10 Å². The number of hydrogen-bond acceptors (Lipinski definition) is 7. The standard InChI is InChI=1S/C18H20N6O4/c1-2-23(5-6-25)16-9-14(19)17(24(27)28)8-13(16)18(26)21-12-4-3-11-10-20-22-15(11)7-12/h3-4,7-10,25H,2,5-6,19H2,1H3,(H,20,22)(H,21,26). The summed E-state index contributed by atoms with van der Waals surface area (Å²) in [4.78, 5) is 25.3. The summed E-state index contributed by atoms with van der Waals surface area (Å²) >= 11 is 0. The quantitative estimate of drug-likeness (QED) is 0.277. The van der Waals surface area contributed by atoms with E-state index in [0.717, 1.165) is 17.0 Å². The number of nitrogen functional groups attached to an aromatic ring is 1. The van der Waals surface area contributed by atoms with Gasteiger partial charge in [0.2, 0.25) is 0 Å². The molecule has 10 nitrogen and oxygen atoms in total. The first-order valence-electron chi connectivity index (χ1n) is 8.62. The molecule has 146 valence electrons. The van der Waals surface area contributed by atoms with Crippen LogP contribution in [0.3, 0.4) is 0 Å². The van der Waals surface area contributed by atoms with Crippen molar-refractivity contribution in [1.82, 2.24) is 10.2 Å². The fourth-order valence-electron chi connectivity index (χ4n) is 2.98. The number of aromatic amines is 1. The predicted octanol–water partition coefficient (Wildman–Crippen LogP) is 2.12. The number of carbonyl (C=O) groups is 1. The number of amides is 1. The van der Waals surface area contributed by atoms with Gasteiger partial charge in [-0.3, -0.25) is 20.0 Å². The number of nitrogens with zero attached hydrogens (tertiary/aromatic N) is 3. The largest absolute Gasteiger partial charge is 0.395 e. The van der Waals surface area contributed by atoms with Crippen molar-refractivity contribution in [2.45, 2.75) is 6.92 Å². The number of aromatic nitrogens is 2. The van der Waals surface area contributed by atoms with E-state index in [1.54, 1.807) is 29.3 Å². The lowest BCUT2D eigenvalue weighted by atomic mass is 10.1. The van der Waals surface area contributed by atoms with Crippen molar-refractivity contribution in [3.63, 3.8) is 0 Å². The molecule has 2 aromatic carbocycles. The van der Waals surface area contributed by atoms with Crippen LogP contribution in [-0.4, -0.2) is 45.8 Å². The van der Waals surface area contributed by atoms with Crippen LogP contribution in [0.1, 0.15) is 17.3 Å². The van der Waals surface area contributed by atoms with E-state index < -0.39 is 10.8 Å². The van der Waals surface area contributed by atoms with Crippen molar-refractivity contribution < 1.29 is 14.8 Å². The van der Waals surface area contributed by atoms with Crippen LogP contribution in [0.2, 0.25) is 0 Å². The van der Waals surface area contributed by atoms with Crippen LogP contribution in [0.5, 0.6) is 0 Å². The number of carbonyl (C=O) groups excluding carboxylic acids is 1. The minimum Gasteiger partial charge on any atom is -0.395 e. The van der Waals surface area contributed by atoms with Crippen LogP contribution in [0.15, 0.2) is 36.5 Å². The lowest BCUT2D eigenvalue weighted by Gasteiger charge is -2.25. The Balaban J connectivity index is 2.02. The zero-order valence-corrected chi connectivity index (χ0v) is 15.2. The molecule has 3 aromatic rings. The normalized spacial score (nSPS) is 10.8. The molecule has 0 aliphatic carbocycles. The molecule has 0 radical (unpaired) electrons. The van der Waals surface area contributed by atoms with Crippen molar-refractivity contribution in [3.8, 4) is 0 Å². The molecule has 0 saturated carbocycles. The first-order valence-corrected chi connectivity index (χ1v) is 8.62. The highest BCUT2D eigenvalue weighted by Gasteiger charge is 2.23. The highest BCUT2D eigenvalue weighted by Crippen LogP contribution is 2.32. The first kappa shape index (κ1) is 19.1. The van der Waals surface area contributed by atoms with Gasteiger partial charge in [-0.1, -0.05) is 0 Å². The second-order valence-electron chi connectivity index (χ2n) is 6.11. The lowest BCUT2D eigenvalue weighted by Crippen LogP contribution is -2.29. The number of aliphatic hydroxyl groups is 1. The summed E-state index contributed by atoms with van der Waals surface area (Å²) in [6.45, 7) is 2.45. The minimum atomic E-state index is -0.630. The molecule has 1 amide bonds. The fraction of sp³-hybridized carbons (Fsp3) is 0.222. The molecule has 5 N–H and O–H groups in total. The van der Waals surface area contributed by atoms with Gasteiger partial charge in [-0.25, -0.2) is 0 Å². The van der Waals surface area contributed by atoms with E-state index in [1.165, 1.54) is 6.07 Å². The average Bonchev–Trinajstić information content (AvgIpc) is 3.13. The van der Waals surface area contributed by atoms with Crippen LogP contribution >= 0.6 is 0 Å². The molecule has 0 bridgehead atoms. The number of rotatable bonds is 7. The summed E-state index contributed by atoms with van der Waals surface area (Å²) in [5.41, 5.74) is 7.18. The van der Waals surface area contributed by atoms with Gasteiger partial charge in [0, 0.05) is 30.2 Å². The summed E-state index contributed by atoms with van der Waals surface area (Å²) in [7, 11) is 0. The summed E-state index contributed by atoms with van der Waals surface area (Å²) in [5, 5.41) is 31.0. The van der Waals surface area contributed by atoms with Crippen molar-refractivity contribution >= 4 is 39.6 Å². The Kier molecular flexibility index (Phi) is 5.41. The number of anilines is 3. The smallest absolute Gasteiger partial charge is 0.293 e. The SMILES string of the molecule is CCN(CCO)c1cc(N)c([N+](=O)[O-])cc1C(=O)Nc1ccc2cn[nH]c2c1. The second kappa shape index (κ2) is 7.92. The Morgan fingerprint density at radius 2 is 2.18 bits per heavy atom. The number of H-pyrrole nitrogens is 1. The zero-order valence-electron chi connectivity index (χ0n) is 15.2. The Bertz CT molecular complexity index is 1030. The molecule has 0 fully saturated rings. The maximum Gasteiger partial charge on any atom is 0.293 e. The summed E-state index contributed by atoms with van der Waals surface area (Å²) in [5.74, 6) is -0.520. The number of nitrogens with one attached hydrogen (secondary N) is 2. The maximum absolute atomic E-state index is 12.9. The van der Waals surface area contributed by atoms with Gasteiger partial charge in [0.1, 0.15) is 5.69 Å². The van der Waals surface area contributed by atoms with Gasteiger partial charge in [-0.15, -0.1) is 0 Å². The lowest BCUT2D eigenvalue weighted by molar-refractivity contribution is -0.383. The van der Waals surface area contributed by atoms with Crippen molar-refractivity contribution in [2.24, 2.45) is 0 Å². The van der Waals surface area contributed by atoms with Gasteiger partial charge < -0.3 is 21.1 Å². The fourth-order valence-corrected chi connectivity index (χ4v) is 2.98. The number of nitrogens with two attached hydrogens (primary N) is 1. The third kappa shape index (κ3) is 3.71. The minimum absolute atomic E-state index is 0.0492. The first-order chi connectivity index (χ1) is 13.4. The van der Waals surface area contributed by atoms with E-state index in [2.05, 4.69) is 15.5 Å². The van der Waals surface area contributed by atoms with Gasteiger partial charge in [0.05, 0.1) is 34.5 Å². The Labute approximate surface area is 160 Å². The van der Waals surface area contributed by atoms with Crippen LogP contribution in [-0.2, 0) is 0 Å². The van der Waals surface area contributed by atoms with Crippen LogP contribution in [0.25, 0.3) is 10.9 Å². The molecule has 0 aliphatic heterocycles. The van der Waals surface area contributed by atoms with Gasteiger partial charge >= 0.3 is 0 Å². The molecule has 0 unspecified atom stereocenters. The van der Waals surface area contributed by atoms with Crippen LogP contribution in [0, 0.1) is 10.1 Å². The Morgan fingerprint density at radius 3 is 2.86 bits per heavy atom. The second-order valence-corrected chi connectivity index (χ2v) is 6.11. The number of aliphatic hydroxyl groups excluding tert-OH is 1. The molecule has 10 heteroatoms. The number of nitro groups is 1. The number of fused-ring (bicyclic) bond motifs is 1. The van der Waals surface area contributed by atoms with Crippen molar-refractivity contribution in [3.05, 3.63) is 52.2 Å². The highest BCUT2D eigenvalue weighted by molar-refractivity contribution is 6.09. The molecule has 3 rings (SSSR count). The highest BCUT2D eigenvalue weighted by atomic mass is 16.6. The molecule has 0 aliphatic rings. The van der Waals surface area contributed by atoms with E-state index in [1.807, 2.05) is 6.92 Å². The molecule has 1 heterocycles. The van der Waals surface area contributed by atoms with E-state index in [-0.39, 0.29) is 30.1 Å². The number of likely N-dealkylation sites (N-methyl/N-ethyl adjacent to an activating group) is 1. The van der Waals surface area contributed by atoms with E-state index in [9.17, 15) is 20.0 Å². The Hall–Kier alpha value is -3.66. The monoisotopic (exact) mass is 384 g/mol. The summed E-state index contributed by atoms with van der Waals surface area (Å²) < 4.78 is 0. The molecule has 0 spiro atoms. The summed E-state index contributed by atoms with van der Waals surface area (Å²) in [6, 6.07) is 7.79. The van der Waals surface area contributed by atoms with Gasteiger partial charge in [0.25, 0.3) is 11.6 Å². The number of benzene rings is 2. The number of hydrogen-bond donors (Lipinski definition) is 4. The van der Waals surface area contributed by atoms with Crippen molar-refractivity contribution in [2.75, 3.05) is 35.6 Å². The van der Waals surface area contributed by atoms with E-state index in [0.29, 0.717) is 17.9 Å². The van der Waals surface area contributed by atoms with Crippen LogP contribution < -0.4 is 16.0 Å². The van der Waals surface area contributed by atoms with Gasteiger partial charge in [-0.05, 0) is 31.2 Å². The van der Waals surface area contributed by atoms with Crippen molar-refractivity contribution in [1.29, 1.82) is 0 Å². The molecule has 28 heavy (non-hydrogen) atoms. The third-order valence-corrected chi connectivity index (χ3v) is 4.38. The van der Waals surface area contributed by atoms with Gasteiger partial charge in [0.15, 0.2) is 0 Å². The third-order valence-electron chi connectivity index (χ3n) is 4.38. The Morgan fingerprint density at radius 1 is 1.39 bits per heavy atom. The molecule has 0 atom stereocenters. The molecular weight excluding hydrogens is 364 g/mol. The van der Waals surface area contributed by atoms with E-state index in [4.69, 9.17) is 5.73 Å². The zero-order chi connectivity index (χ0) is 20.3. The van der Waals surface area contributed by atoms with Crippen LogP contribution in [0.4, 0.5) is 22.7 Å². The topological polar surface area (TPSA) is 150 Å². The number of nitro benzene ring substituents is 1. The maximum atomic E-state index is 12.9. The van der Waals surface area contributed by atoms with E-state index >= 15 is 0 Å². The molecule has 0 saturated heterocycles. The average molecular weight is 384 g/mol. The molecular formula is C18H20N6O4. The molecule has 1 aromatic heterocycles. The predicted molar refractivity (Wildman–Crippen MR) is 107 cm³/mol.